The molecule has 3 fully saturated rings. The highest BCUT2D eigenvalue weighted by Crippen LogP contribution is 2.56. The second kappa shape index (κ2) is 21.9. The van der Waals surface area contributed by atoms with E-state index in [1.165, 1.54) is 11.0 Å². The normalized spacial score (nSPS) is 21.3. The summed E-state index contributed by atoms with van der Waals surface area (Å²) in [5.41, 5.74) is 3.68. The molecule has 0 radical (unpaired) electrons. The van der Waals surface area contributed by atoms with Crippen LogP contribution in [-0.2, 0) is 19.1 Å². The molecule has 4 atom stereocenters. The highest BCUT2D eigenvalue weighted by Gasteiger charge is 2.64. The number of carbonyl (C=O) groups excluding carboxylic acids is 4. The number of halogens is 1. The zero-order valence-electron chi connectivity index (χ0n) is 42.4. The Morgan fingerprint density at radius 1 is 0.972 bits per heavy atom. The molecule has 3 aliphatic rings. The van der Waals surface area contributed by atoms with Gasteiger partial charge in [-0.3, -0.25) is 24.1 Å². The molecular formula is C53H65ClN10O7S. The Hall–Kier alpha value is -6.15. The molecule has 17 nitrogen and oxygen atoms in total. The first kappa shape index (κ1) is 53.6. The van der Waals surface area contributed by atoms with Gasteiger partial charge >= 0.3 is 0 Å². The molecule has 19 heteroatoms. The smallest absolute Gasteiger partial charge is 0.253 e. The lowest BCUT2D eigenvalue weighted by Crippen LogP contribution is -2.74. The van der Waals surface area contributed by atoms with Crippen molar-refractivity contribution in [3.05, 3.63) is 93.2 Å². The van der Waals surface area contributed by atoms with E-state index in [1.807, 2.05) is 110 Å². The van der Waals surface area contributed by atoms with Crippen LogP contribution in [0.4, 0.5) is 5.82 Å². The first-order valence-electron chi connectivity index (χ1n) is 24.2. The van der Waals surface area contributed by atoms with Crippen molar-refractivity contribution in [2.24, 2.45) is 16.2 Å². The summed E-state index contributed by atoms with van der Waals surface area (Å²) < 4.78 is 12.2. The lowest BCUT2D eigenvalue weighted by Gasteiger charge is -2.63. The number of rotatable bonds is 16. The number of hydrogen-bond donors (Lipinski definition) is 4. The van der Waals surface area contributed by atoms with Crippen molar-refractivity contribution in [3.63, 3.8) is 0 Å². The zero-order chi connectivity index (χ0) is 52.3. The monoisotopic (exact) mass is 1020 g/mol. The predicted octanol–water partition coefficient (Wildman–Crippen LogP) is 6.03. The molecule has 2 saturated heterocycles. The molecule has 4 N–H and O–H groups in total. The van der Waals surface area contributed by atoms with Gasteiger partial charge in [0.25, 0.3) is 5.91 Å². The van der Waals surface area contributed by atoms with Crippen LogP contribution < -0.4 is 25.6 Å². The molecule has 2 aromatic carbocycles. The highest BCUT2D eigenvalue weighted by atomic mass is 35.5. The van der Waals surface area contributed by atoms with E-state index in [2.05, 4.69) is 35.7 Å². The van der Waals surface area contributed by atoms with Gasteiger partial charge in [0.05, 0.1) is 56.5 Å². The van der Waals surface area contributed by atoms with Gasteiger partial charge in [-0.05, 0) is 48.6 Å². The minimum Gasteiger partial charge on any atom is -0.489 e. The first-order valence-corrected chi connectivity index (χ1v) is 25.5. The first-order chi connectivity index (χ1) is 34.0. The lowest BCUT2D eigenvalue weighted by atomic mass is 9.49. The standard InChI is InChI=1S/C53H65ClN10O7S/c1-31(33-10-12-34(13-11-33)44-32(2)58-30-72-44)59-47(68)41-23-37(65)28-64(41)48(69)45(51(3,4)5)60-43(66)29-70-21-20-62-16-18-63(19-17-62)42-15-14-35(27-57-42)46(67)61-49-52(6,7)50(53(49,8)9)71-38-22-36(25-55)39(26-56)40(54)24-38/h10-15,22,24,27,30-31,37,41,45,49-50,65H,16-21,23,28-29H2,1-9H3,(H,59,68)(H,60,66)(H,61,67)/t31-,37+,41-,45+,49?,50?/m0/s1. The molecule has 0 spiro atoms. The van der Waals surface area contributed by atoms with Gasteiger partial charge in [-0.1, -0.05) is 84.3 Å². The number of β-amino-alcohol motifs (C(OH)–C–C–N with tert-alkyl or cyclic N) is 1. The topological polar surface area (TPSA) is 226 Å². The average molecular weight is 1020 g/mol. The molecule has 382 valence electrons. The molecule has 0 bridgehead atoms. The summed E-state index contributed by atoms with van der Waals surface area (Å²) in [5, 5.41) is 38.8. The van der Waals surface area contributed by atoms with Gasteiger partial charge < -0.3 is 40.3 Å². The number of hydrogen-bond acceptors (Lipinski definition) is 14. The molecular weight excluding hydrogens is 956 g/mol. The van der Waals surface area contributed by atoms with E-state index in [0.29, 0.717) is 37.6 Å². The summed E-state index contributed by atoms with van der Waals surface area (Å²) in [4.78, 5) is 70.5. The third-order valence-corrected chi connectivity index (χ3v) is 15.5. The van der Waals surface area contributed by atoms with Crippen LogP contribution in [0.2, 0.25) is 5.02 Å². The van der Waals surface area contributed by atoms with E-state index in [0.717, 1.165) is 40.6 Å². The molecule has 4 heterocycles. The molecule has 1 saturated carbocycles. The third-order valence-electron chi connectivity index (χ3n) is 14.2. The molecule has 7 rings (SSSR count). The van der Waals surface area contributed by atoms with E-state index in [1.54, 1.807) is 29.7 Å². The molecule has 0 unspecified atom stereocenters. The molecule has 1 aliphatic carbocycles. The van der Waals surface area contributed by atoms with Crippen LogP contribution in [-0.4, -0.2) is 131 Å². The number of nitriles is 2. The van der Waals surface area contributed by atoms with E-state index in [4.69, 9.17) is 21.1 Å². The van der Waals surface area contributed by atoms with Crippen LogP contribution >= 0.6 is 22.9 Å². The van der Waals surface area contributed by atoms with Crippen LogP contribution in [0, 0.1) is 45.8 Å². The predicted molar refractivity (Wildman–Crippen MR) is 274 cm³/mol. The largest absolute Gasteiger partial charge is 0.489 e. The number of pyridine rings is 1. The van der Waals surface area contributed by atoms with Gasteiger partial charge in [0.2, 0.25) is 17.7 Å². The van der Waals surface area contributed by atoms with E-state index in [-0.39, 0.29) is 65.7 Å². The second-order valence-corrected chi connectivity index (χ2v) is 22.5. The SMILES string of the molecule is Cc1ncsc1-c1ccc([C@H](C)NC(=O)[C@@H]2C[C@@H](O)CN2C(=O)[C@@H](NC(=O)COCCN2CCN(c3ccc(C(=O)NC4C(C)(C)C(Oc5cc(Cl)c(C#N)c(C#N)c5)C4(C)C)cn3)CC2)C(C)(C)C)cc1. The van der Waals surface area contributed by atoms with Crippen LogP contribution in [0.15, 0.2) is 60.2 Å². The fourth-order valence-electron chi connectivity index (χ4n) is 10.5. The fourth-order valence-corrected chi connectivity index (χ4v) is 11.5. The number of anilines is 1. The Labute approximate surface area is 430 Å². The van der Waals surface area contributed by atoms with Gasteiger partial charge in [-0.25, -0.2) is 9.97 Å². The van der Waals surface area contributed by atoms with Crippen molar-refractivity contribution in [1.82, 2.24) is 35.7 Å². The van der Waals surface area contributed by atoms with Crippen molar-refractivity contribution >= 4 is 52.4 Å². The number of amides is 4. The number of piperazine rings is 1. The fraction of sp³-hybridized carbons (Fsp3) is 0.509. The summed E-state index contributed by atoms with van der Waals surface area (Å²) in [6.45, 7) is 20.9. The number of benzene rings is 2. The van der Waals surface area contributed by atoms with Crippen LogP contribution in [0.1, 0.15) is 101 Å². The lowest BCUT2D eigenvalue weighted by molar-refractivity contribution is -0.164. The number of nitrogens with one attached hydrogen (secondary N) is 3. The van der Waals surface area contributed by atoms with Crippen molar-refractivity contribution in [2.75, 3.05) is 57.4 Å². The quantitative estimate of drug-likeness (QED) is 0.0942. The number of thiazole rings is 1. The number of aliphatic hydroxyl groups is 1. The van der Waals surface area contributed by atoms with Gasteiger partial charge in [-0.15, -0.1) is 11.3 Å². The summed E-state index contributed by atoms with van der Waals surface area (Å²) in [5.74, 6) is -0.386. The Morgan fingerprint density at radius 2 is 1.67 bits per heavy atom. The number of aryl methyl sites for hydroxylation is 1. The van der Waals surface area contributed by atoms with Gasteiger partial charge in [0.15, 0.2) is 0 Å². The second-order valence-electron chi connectivity index (χ2n) is 21.3. The molecule has 4 amide bonds. The summed E-state index contributed by atoms with van der Waals surface area (Å²) >= 11 is 7.86. The number of likely N-dealkylation sites (tertiary alicyclic amines) is 1. The Morgan fingerprint density at radius 3 is 2.26 bits per heavy atom. The van der Waals surface area contributed by atoms with Crippen molar-refractivity contribution in [1.29, 1.82) is 10.5 Å². The van der Waals surface area contributed by atoms with Gasteiger partial charge in [0.1, 0.15) is 48.5 Å². The maximum atomic E-state index is 14.1. The Bertz CT molecular complexity index is 2700. The average Bonchev–Trinajstić information content (AvgIpc) is 3.97. The van der Waals surface area contributed by atoms with E-state index < -0.39 is 46.2 Å². The van der Waals surface area contributed by atoms with Crippen molar-refractivity contribution in [2.45, 2.75) is 105 Å². The van der Waals surface area contributed by atoms with Crippen LogP contribution in [0.3, 0.4) is 0 Å². The minimum absolute atomic E-state index is 0.0251. The summed E-state index contributed by atoms with van der Waals surface area (Å²) in [7, 11) is 0. The molecule has 2 aromatic heterocycles. The zero-order valence-corrected chi connectivity index (χ0v) is 44.0. The maximum Gasteiger partial charge on any atom is 0.253 e. The molecule has 4 aromatic rings. The number of aliphatic hydroxyl groups excluding tert-OH is 1. The summed E-state index contributed by atoms with van der Waals surface area (Å²) in [6.07, 6.45) is 0.448. The van der Waals surface area contributed by atoms with Gasteiger partial charge in [0, 0.05) is 74.8 Å². The van der Waals surface area contributed by atoms with E-state index in [9.17, 15) is 34.8 Å². The highest BCUT2D eigenvalue weighted by molar-refractivity contribution is 7.13. The number of carbonyl (C=O) groups is 4. The van der Waals surface area contributed by atoms with Crippen LogP contribution in [0.5, 0.6) is 5.75 Å². The third kappa shape index (κ3) is 11.7. The Balaban J connectivity index is 0.836. The van der Waals surface area contributed by atoms with Crippen molar-refractivity contribution < 1.29 is 33.8 Å². The molecule has 2 aliphatic heterocycles. The van der Waals surface area contributed by atoms with Gasteiger partial charge in [-0.2, -0.15) is 10.5 Å². The van der Waals surface area contributed by atoms with Crippen LogP contribution in [0.25, 0.3) is 10.4 Å². The minimum atomic E-state index is -0.974. The van der Waals surface area contributed by atoms with Crippen molar-refractivity contribution in [3.8, 4) is 28.3 Å². The van der Waals surface area contributed by atoms with E-state index >= 15 is 0 Å². The maximum absolute atomic E-state index is 14.1. The molecule has 72 heavy (non-hydrogen) atoms. The number of nitrogens with zero attached hydrogens (tertiary/aromatic N) is 7. The summed E-state index contributed by atoms with van der Waals surface area (Å²) in [6, 6.07) is 16.1. The number of aromatic nitrogens is 2. The Kier molecular flexibility index (Phi) is 16.3. The number of ether oxygens (including phenoxy) is 2.